The first-order valence-corrected chi connectivity index (χ1v) is 7.49. The van der Waals surface area contributed by atoms with Gasteiger partial charge in [0.1, 0.15) is 0 Å². The molecule has 2 rings (SSSR count). The molecule has 0 radical (unpaired) electrons. The standard InChI is InChI=1S/C15H19ClF3NO2/c16-13-2-1-11(7-12(13)15(17,18)19)8-20-9-14(10-21)3-5-22-6-4-14/h1-2,7,20-21H,3-6,8-10H2. The summed E-state index contributed by atoms with van der Waals surface area (Å²) in [5.41, 5.74) is -0.564. The van der Waals surface area contributed by atoms with E-state index >= 15 is 0 Å². The average Bonchev–Trinajstić information content (AvgIpc) is 2.49. The van der Waals surface area contributed by atoms with Crippen molar-refractivity contribution in [2.75, 3.05) is 26.4 Å². The Bertz CT molecular complexity index is 502. The van der Waals surface area contributed by atoms with Crippen LogP contribution in [0.4, 0.5) is 13.2 Å². The lowest BCUT2D eigenvalue weighted by Gasteiger charge is -2.35. The Morgan fingerprint density at radius 3 is 2.55 bits per heavy atom. The number of halogens is 4. The summed E-state index contributed by atoms with van der Waals surface area (Å²) in [6.45, 7) is 2.07. The van der Waals surface area contributed by atoms with Gasteiger partial charge in [0.05, 0.1) is 17.2 Å². The Hall–Kier alpha value is -0.820. The quantitative estimate of drug-likeness (QED) is 0.866. The first-order valence-electron chi connectivity index (χ1n) is 7.11. The molecule has 124 valence electrons. The van der Waals surface area contributed by atoms with Crippen LogP contribution >= 0.6 is 11.6 Å². The average molecular weight is 338 g/mol. The highest BCUT2D eigenvalue weighted by Crippen LogP contribution is 2.35. The summed E-state index contributed by atoms with van der Waals surface area (Å²) in [4.78, 5) is 0. The van der Waals surface area contributed by atoms with Crippen molar-refractivity contribution < 1.29 is 23.0 Å². The van der Waals surface area contributed by atoms with Crippen LogP contribution in [0.2, 0.25) is 5.02 Å². The van der Waals surface area contributed by atoms with Gasteiger partial charge in [-0.25, -0.2) is 0 Å². The van der Waals surface area contributed by atoms with Gasteiger partial charge in [0, 0.05) is 31.7 Å². The van der Waals surface area contributed by atoms with E-state index < -0.39 is 11.7 Å². The molecule has 0 amide bonds. The fourth-order valence-corrected chi connectivity index (χ4v) is 2.79. The zero-order valence-electron chi connectivity index (χ0n) is 12.0. The third-order valence-electron chi connectivity index (χ3n) is 4.05. The highest BCUT2D eigenvalue weighted by atomic mass is 35.5. The normalized spacial score (nSPS) is 18.4. The van der Waals surface area contributed by atoms with Crippen molar-refractivity contribution in [3.8, 4) is 0 Å². The number of aliphatic hydroxyl groups is 1. The third kappa shape index (κ3) is 4.35. The second-order valence-corrected chi connectivity index (χ2v) is 6.09. The topological polar surface area (TPSA) is 41.5 Å². The summed E-state index contributed by atoms with van der Waals surface area (Å²) in [7, 11) is 0. The Balaban J connectivity index is 1.97. The van der Waals surface area contributed by atoms with Crippen LogP contribution in [0.3, 0.4) is 0 Å². The largest absolute Gasteiger partial charge is 0.417 e. The van der Waals surface area contributed by atoms with Gasteiger partial charge in [0.15, 0.2) is 0 Å². The van der Waals surface area contributed by atoms with Gasteiger partial charge in [0.25, 0.3) is 0 Å². The minimum absolute atomic E-state index is 0.0395. The molecule has 1 fully saturated rings. The smallest absolute Gasteiger partial charge is 0.396 e. The second kappa shape index (κ2) is 7.17. The lowest BCUT2D eigenvalue weighted by Crippen LogP contribution is -2.41. The Kier molecular flexibility index (Phi) is 5.71. The zero-order valence-corrected chi connectivity index (χ0v) is 12.8. The molecule has 0 bridgehead atoms. The predicted octanol–water partition coefficient (Wildman–Crippen LogP) is 3.24. The lowest BCUT2D eigenvalue weighted by molar-refractivity contribution is -0.137. The summed E-state index contributed by atoms with van der Waals surface area (Å²) in [6, 6.07) is 3.89. The molecule has 0 saturated carbocycles. The molecule has 0 atom stereocenters. The number of benzene rings is 1. The van der Waals surface area contributed by atoms with Crippen LogP contribution in [0, 0.1) is 5.41 Å². The molecule has 0 unspecified atom stereocenters. The van der Waals surface area contributed by atoms with Crippen molar-refractivity contribution in [2.24, 2.45) is 5.41 Å². The number of alkyl halides is 3. The number of hydrogen-bond acceptors (Lipinski definition) is 3. The van der Waals surface area contributed by atoms with E-state index in [9.17, 15) is 18.3 Å². The number of aliphatic hydroxyl groups excluding tert-OH is 1. The molecule has 3 nitrogen and oxygen atoms in total. The Labute approximate surface area is 132 Å². The van der Waals surface area contributed by atoms with E-state index in [1.54, 1.807) is 6.07 Å². The lowest BCUT2D eigenvalue weighted by atomic mass is 9.81. The molecule has 2 N–H and O–H groups in total. The van der Waals surface area contributed by atoms with Crippen molar-refractivity contribution in [2.45, 2.75) is 25.6 Å². The van der Waals surface area contributed by atoms with Gasteiger partial charge < -0.3 is 15.2 Å². The summed E-state index contributed by atoms with van der Waals surface area (Å²) in [6.07, 6.45) is -2.98. The van der Waals surface area contributed by atoms with Crippen LogP contribution in [0.1, 0.15) is 24.0 Å². The summed E-state index contributed by atoms with van der Waals surface area (Å²) in [5.74, 6) is 0. The van der Waals surface area contributed by atoms with E-state index in [2.05, 4.69) is 5.32 Å². The predicted molar refractivity (Wildman–Crippen MR) is 77.7 cm³/mol. The van der Waals surface area contributed by atoms with E-state index in [0.717, 1.165) is 18.9 Å². The van der Waals surface area contributed by atoms with E-state index in [-0.39, 0.29) is 17.0 Å². The minimum atomic E-state index is -4.46. The van der Waals surface area contributed by atoms with Crippen LogP contribution in [0.5, 0.6) is 0 Å². The molecule has 1 aliphatic rings. The van der Waals surface area contributed by atoms with Gasteiger partial charge in [-0.05, 0) is 30.5 Å². The van der Waals surface area contributed by atoms with E-state index in [0.29, 0.717) is 31.9 Å². The van der Waals surface area contributed by atoms with Gasteiger partial charge in [-0.3, -0.25) is 0 Å². The molecular weight excluding hydrogens is 319 g/mol. The van der Waals surface area contributed by atoms with Crippen molar-refractivity contribution in [3.63, 3.8) is 0 Å². The zero-order chi connectivity index (χ0) is 16.2. The van der Waals surface area contributed by atoms with Crippen molar-refractivity contribution in [1.82, 2.24) is 5.32 Å². The van der Waals surface area contributed by atoms with Crippen LogP contribution in [-0.4, -0.2) is 31.5 Å². The third-order valence-corrected chi connectivity index (χ3v) is 4.38. The molecule has 1 aliphatic heterocycles. The number of rotatable bonds is 5. The molecule has 1 saturated heterocycles. The molecule has 7 heteroatoms. The van der Waals surface area contributed by atoms with Gasteiger partial charge >= 0.3 is 6.18 Å². The van der Waals surface area contributed by atoms with Gasteiger partial charge in [-0.15, -0.1) is 0 Å². The second-order valence-electron chi connectivity index (χ2n) is 5.69. The van der Waals surface area contributed by atoms with Gasteiger partial charge in [-0.2, -0.15) is 13.2 Å². The number of hydrogen-bond donors (Lipinski definition) is 2. The molecule has 1 aromatic carbocycles. The molecule has 0 spiro atoms. The molecular formula is C15H19ClF3NO2. The Morgan fingerprint density at radius 2 is 1.95 bits per heavy atom. The summed E-state index contributed by atoms with van der Waals surface area (Å²) >= 11 is 5.59. The highest BCUT2D eigenvalue weighted by Gasteiger charge is 2.34. The molecule has 22 heavy (non-hydrogen) atoms. The molecule has 1 aromatic rings. The van der Waals surface area contributed by atoms with Crippen LogP contribution in [0.25, 0.3) is 0 Å². The maximum Gasteiger partial charge on any atom is 0.417 e. The first kappa shape index (κ1) is 17.5. The number of ether oxygens (including phenoxy) is 1. The maximum absolute atomic E-state index is 12.8. The van der Waals surface area contributed by atoms with E-state index in [1.165, 1.54) is 6.07 Å². The fraction of sp³-hybridized carbons (Fsp3) is 0.600. The fourth-order valence-electron chi connectivity index (χ4n) is 2.57. The van der Waals surface area contributed by atoms with Crippen LogP contribution in [-0.2, 0) is 17.5 Å². The van der Waals surface area contributed by atoms with Crippen molar-refractivity contribution in [1.29, 1.82) is 0 Å². The maximum atomic E-state index is 12.8. The van der Waals surface area contributed by atoms with E-state index in [1.807, 2.05) is 0 Å². The first-order chi connectivity index (χ1) is 10.4. The monoisotopic (exact) mass is 337 g/mol. The highest BCUT2D eigenvalue weighted by molar-refractivity contribution is 6.31. The SMILES string of the molecule is OCC1(CNCc2ccc(Cl)c(C(F)(F)F)c2)CCOCC1. The van der Waals surface area contributed by atoms with E-state index in [4.69, 9.17) is 16.3 Å². The van der Waals surface area contributed by atoms with Gasteiger partial charge in [0.2, 0.25) is 0 Å². The van der Waals surface area contributed by atoms with Crippen molar-refractivity contribution in [3.05, 3.63) is 34.3 Å². The molecule has 0 aliphatic carbocycles. The van der Waals surface area contributed by atoms with Crippen LogP contribution < -0.4 is 5.32 Å². The Morgan fingerprint density at radius 1 is 1.27 bits per heavy atom. The summed E-state index contributed by atoms with van der Waals surface area (Å²) < 4.78 is 43.7. The minimum Gasteiger partial charge on any atom is -0.396 e. The van der Waals surface area contributed by atoms with Crippen LogP contribution in [0.15, 0.2) is 18.2 Å². The number of nitrogens with one attached hydrogen (secondary N) is 1. The summed E-state index contributed by atoms with van der Waals surface area (Å²) in [5, 5.41) is 12.4. The van der Waals surface area contributed by atoms with Gasteiger partial charge in [-0.1, -0.05) is 17.7 Å². The molecule has 1 heterocycles. The molecule has 0 aromatic heterocycles. The van der Waals surface area contributed by atoms with Crippen molar-refractivity contribution >= 4 is 11.6 Å².